The lowest BCUT2D eigenvalue weighted by Gasteiger charge is -2.28. The Hall–Kier alpha value is -3.70. The second-order valence-electron chi connectivity index (χ2n) is 7.44. The second-order valence-corrected chi connectivity index (χ2v) is 7.44. The lowest BCUT2D eigenvalue weighted by atomic mass is 9.86. The molecule has 3 heterocycles. The highest BCUT2D eigenvalue weighted by molar-refractivity contribution is 6.16. The van der Waals surface area contributed by atoms with E-state index in [1.165, 1.54) is 6.07 Å². The molecule has 2 unspecified atom stereocenters. The summed E-state index contributed by atoms with van der Waals surface area (Å²) in [7, 11) is 0. The van der Waals surface area contributed by atoms with E-state index in [9.17, 15) is 19.2 Å². The van der Waals surface area contributed by atoms with Crippen LogP contribution >= 0.6 is 0 Å². The van der Waals surface area contributed by atoms with Gasteiger partial charge in [-0.3, -0.25) is 24.7 Å². The number of rotatable bonds is 9. The highest BCUT2D eigenvalue weighted by Gasteiger charge is 2.34. The van der Waals surface area contributed by atoms with Crippen molar-refractivity contribution in [3.63, 3.8) is 0 Å². The SMILES string of the molecule is NC1=NC2=NCC(CCc3ccc(C(=O)N[C@@H](CCC(=O)O)C(=O)O)o3)CC2C(=O)N1. The summed E-state index contributed by atoms with van der Waals surface area (Å²) in [5, 5.41) is 22.6. The van der Waals surface area contributed by atoms with Crippen LogP contribution in [0.5, 0.6) is 0 Å². The van der Waals surface area contributed by atoms with Gasteiger partial charge in [0.15, 0.2) is 5.76 Å². The standard InChI is InChI=1S/C19H23N5O7/c20-19-23-15-11(16(27)24-19)7-9(8-21-15)1-2-10-3-5-13(31-10)17(28)22-12(18(29)30)4-6-14(25)26/h3,5,9,11-12H,1-2,4,6-8H2,(H,22,28)(H,25,26)(H,29,30)(H3,20,21,23,24,27)/t9?,11?,12-/m0/s1. The molecule has 12 nitrogen and oxygen atoms in total. The number of carbonyl (C=O) groups is 4. The molecule has 0 radical (unpaired) electrons. The molecular formula is C19H23N5O7. The van der Waals surface area contributed by atoms with Gasteiger partial charge in [-0.15, -0.1) is 0 Å². The minimum Gasteiger partial charge on any atom is -0.481 e. The van der Waals surface area contributed by atoms with Crippen molar-refractivity contribution in [2.24, 2.45) is 27.6 Å². The number of nitrogens with zero attached hydrogens (tertiary/aromatic N) is 2. The fourth-order valence-electron chi connectivity index (χ4n) is 3.49. The van der Waals surface area contributed by atoms with Gasteiger partial charge in [-0.05, 0) is 37.3 Å². The first-order valence-corrected chi connectivity index (χ1v) is 9.76. The summed E-state index contributed by atoms with van der Waals surface area (Å²) < 4.78 is 5.51. The molecule has 2 amide bonds. The summed E-state index contributed by atoms with van der Waals surface area (Å²) in [6.45, 7) is 0.508. The lowest BCUT2D eigenvalue weighted by Crippen LogP contribution is -2.49. The van der Waals surface area contributed by atoms with E-state index >= 15 is 0 Å². The number of carboxylic acids is 2. The third kappa shape index (κ3) is 5.68. The fourth-order valence-corrected chi connectivity index (χ4v) is 3.49. The molecule has 2 aliphatic rings. The molecule has 1 aromatic heterocycles. The van der Waals surface area contributed by atoms with E-state index in [4.69, 9.17) is 20.4 Å². The topological polar surface area (TPSA) is 197 Å². The van der Waals surface area contributed by atoms with Crippen molar-refractivity contribution in [2.75, 3.05) is 6.54 Å². The third-order valence-corrected chi connectivity index (χ3v) is 5.13. The zero-order chi connectivity index (χ0) is 22.5. The molecule has 166 valence electrons. The summed E-state index contributed by atoms with van der Waals surface area (Å²) in [4.78, 5) is 54.6. The van der Waals surface area contributed by atoms with Crippen LogP contribution in [0.3, 0.4) is 0 Å². The van der Waals surface area contributed by atoms with E-state index in [0.717, 1.165) is 0 Å². The van der Waals surface area contributed by atoms with Crippen molar-refractivity contribution < 1.29 is 33.8 Å². The number of aryl methyl sites for hydroxylation is 1. The molecule has 0 bridgehead atoms. The summed E-state index contributed by atoms with van der Waals surface area (Å²) in [5.41, 5.74) is 5.54. The molecular weight excluding hydrogens is 410 g/mol. The number of amides is 2. The largest absolute Gasteiger partial charge is 0.481 e. The Kier molecular flexibility index (Phi) is 6.68. The molecule has 0 saturated heterocycles. The van der Waals surface area contributed by atoms with Crippen molar-refractivity contribution in [3.8, 4) is 0 Å². The summed E-state index contributed by atoms with van der Waals surface area (Å²) in [6.07, 6.45) is 1.13. The van der Waals surface area contributed by atoms with Crippen LogP contribution in [-0.2, 0) is 20.8 Å². The lowest BCUT2D eigenvalue weighted by molar-refractivity contribution is -0.140. The van der Waals surface area contributed by atoms with Gasteiger partial charge in [0, 0.05) is 19.4 Å². The van der Waals surface area contributed by atoms with Crippen LogP contribution in [0.15, 0.2) is 26.5 Å². The van der Waals surface area contributed by atoms with E-state index in [0.29, 0.717) is 37.4 Å². The molecule has 12 heteroatoms. The molecule has 3 rings (SSSR count). The third-order valence-electron chi connectivity index (χ3n) is 5.13. The second kappa shape index (κ2) is 9.41. The molecule has 3 atom stereocenters. The molecule has 0 saturated carbocycles. The quantitative estimate of drug-likeness (QED) is 0.351. The Morgan fingerprint density at radius 2 is 2.10 bits per heavy atom. The van der Waals surface area contributed by atoms with E-state index < -0.39 is 29.8 Å². The predicted octanol–water partition coefficient (Wildman–Crippen LogP) is -0.261. The summed E-state index contributed by atoms with van der Waals surface area (Å²) in [6, 6.07) is 1.73. The number of nitrogens with one attached hydrogen (secondary N) is 2. The van der Waals surface area contributed by atoms with Crippen LogP contribution in [0.4, 0.5) is 0 Å². The molecule has 31 heavy (non-hydrogen) atoms. The minimum absolute atomic E-state index is 0.0490. The average molecular weight is 433 g/mol. The van der Waals surface area contributed by atoms with Crippen LogP contribution in [0.2, 0.25) is 0 Å². The highest BCUT2D eigenvalue weighted by atomic mass is 16.4. The maximum Gasteiger partial charge on any atom is 0.326 e. The Bertz CT molecular complexity index is 951. The summed E-state index contributed by atoms with van der Waals surface area (Å²) >= 11 is 0. The molecule has 1 aromatic rings. The predicted molar refractivity (Wildman–Crippen MR) is 106 cm³/mol. The number of hydrogen-bond acceptors (Lipinski definition) is 8. The van der Waals surface area contributed by atoms with Crippen molar-refractivity contribution in [1.82, 2.24) is 10.6 Å². The maximum absolute atomic E-state index is 12.2. The van der Waals surface area contributed by atoms with Gasteiger partial charge in [0.2, 0.25) is 11.9 Å². The molecule has 0 aromatic carbocycles. The van der Waals surface area contributed by atoms with Crippen molar-refractivity contribution in [1.29, 1.82) is 0 Å². The first kappa shape index (κ1) is 22.0. The number of carboxylic acid groups (broad SMARTS) is 2. The smallest absolute Gasteiger partial charge is 0.326 e. The van der Waals surface area contributed by atoms with Crippen LogP contribution < -0.4 is 16.4 Å². The van der Waals surface area contributed by atoms with Gasteiger partial charge in [0.05, 0.1) is 5.92 Å². The first-order valence-electron chi connectivity index (χ1n) is 9.76. The van der Waals surface area contributed by atoms with E-state index in [2.05, 4.69) is 20.6 Å². The van der Waals surface area contributed by atoms with Gasteiger partial charge in [0.25, 0.3) is 5.91 Å². The Labute approximate surface area is 176 Å². The van der Waals surface area contributed by atoms with Crippen LogP contribution in [-0.4, -0.2) is 58.3 Å². The number of nitrogens with two attached hydrogens (primary N) is 1. The number of carbonyl (C=O) groups excluding carboxylic acids is 2. The Morgan fingerprint density at radius 1 is 1.32 bits per heavy atom. The van der Waals surface area contributed by atoms with E-state index in [1.807, 2.05) is 0 Å². The van der Waals surface area contributed by atoms with Crippen molar-refractivity contribution in [2.45, 2.75) is 38.1 Å². The number of fused-ring (bicyclic) bond motifs is 1. The van der Waals surface area contributed by atoms with E-state index in [1.54, 1.807) is 6.07 Å². The van der Waals surface area contributed by atoms with Gasteiger partial charge in [-0.25, -0.2) is 4.79 Å². The molecule has 0 fully saturated rings. The molecule has 0 spiro atoms. The van der Waals surface area contributed by atoms with Crippen LogP contribution in [0.1, 0.15) is 42.0 Å². The number of hydrogen-bond donors (Lipinski definition) is 5. The van der Waals surface area contributed by atoms with Gasteiger partial charge < -0.3 is 25.7 Å². The molecule has 2 aliphatic heterocycles. The fraction of sp³-hybridized carbons (Fsp3) is 0.474. The number of amidine groups is 1. The number of aliphatic carboxylic acids is 2. The van der Waals surface area contributed by atoms with Gasteiger partial charge in [0.1, 0.15) is 17.6 Å². The average Bonchev–Trinajstić information content (AvgIpc) is 3.18. The van der Waals surface area contributed by atoms with Crippen LogP contribution in [0.25, 0.3) is 0 Å². The maximum atomic E-state index is 12.2. The normalized spacial score (nSPS) is 21.2. The number of aliphatic imine (C=N–C) groups is 2. The van der Waals surface area contributed by atoms with Gasteiger partial charge in [-0.1, -0.05) is 0 Å². The van der Waals surface area contributed by atoms with Crippen LogP contribution in [0, 0.1) is 11.8 Å². The zero-order valence-electron chi connectivity index (χ0n) is 16.5. The van der Waals surface area contributed by atoms with Crippen molar-refractivity contribution >= 4 is 35.5 Å². The first-order chi connectivity index (χ1) is 14.7. The molecule has 6 N–H and O–H groups in total. The van der Waals surface area contributed by atoms with Crippen molar-refractivity contribution in [3.05, 3.63) is 23.7 Å². The molecule has 0 aliphatic carbocycles. The Morgan fingerprint density at radius 3 is 2.81 bits per heavy atom. The summed E-state index contributed by atoms with van der Waals surface area (Å²) in [5.74, 6) is -2.75. The number of guanidine groups is 1. The Balaban J connectivity index is 1.53. The van der Waals surface area contributed by atoms with Gasteiger partial charge >= 0.3 is 11.9 Å². The van der Waals surface area contributed by atoms with Gasteiger partial charge in [-0.2, -0.15) is 4.99 Å². The minimum atomic E-state index is -1.33. The number of furan rings is 1. The van der Waals surface area contributed by atoms with E-state index in [-0.39, 0.29) is 36.4 Å². The monoisotopic (exact) mass is 433 g/mol. The zero-order valence-corrected chi connectivity index (χ0v) is 16.5. The highest BCUT2D eigenvalue weighted by Crippen LogP contribution is 2.27.